The third kappa shape index (κ3) is 3.09. The molecule has 110 valence electrons. The summed E-state index contributed by atoms with van der Waals surface area (Å²) >= 11 is 1.51. The molecule has 0 radical (unpaired) electrons. The normalized spacial score (nSPS) is 14.4. The van der Waals surface area contributed by atoms with Crippen LogP contribution in [0.1, 0.15) is 33.0 Å². The van der Waals surface area contributed by atoms with Crippen LogP contribution in [0.15, 0.2) is 36.4 Å². The van der Waals surface area contributed by atoms with Crippen LogP contribution >= 0.6 is 11.3 Å². The van der Waals surface area contributed by atoms with Gasteiger partial charge in [0.1, 0.15) is 0 Å². The molecule has 5 heteroatoms. The summed E-state index contributed by atoms with van der Waals surface area (Å²) in [5.74, 6) is 4.96. The number of thiophene rings is 1. The first-order chi connectivity index (χ1) is 10.3. The summed E-state index contributed by atoms with van der Waals surface area (Å²) in [5, 5.41) is 0. The first-order valence-electron chi connectivity index (χ1n) is 7.20. The molecule has 3 N–H and O–H groups in total. The number of carbonyl (C=O) groups excluding carboxylic acids is 1. The highest BCUT2D eigenvalue weighted by molar-refractivity contribution is 7.14. The van der Waals surface area contributed by atoms with Gasteiger partial charge in [-0.25, -0.2) is 5.84 Å². The van der Waals surface area contributed by atoms with Crippen molar-refractivity contribution >= 4 is 22.9 Å². The maximum absolute atomic E-state index is 11.5. The van der Waals surface area contributed by atoms with E-state index in [1.165, 1.54) is 40.3 Å². The molecule has 0 bridgehead atoms. The van der Waals surface area contributed by atoms with Crippen LogP contribution in [0.3, 0.4) is 0 Å². The summed E-state index contributed by atoms with van der Waals surface area (Å²) in [4.78, 5) is 15.8. The number of para-hydroxylation sites is 1. The molecule has 3 rings (SSSR count). The van der Waals surface area contributed by atoms with Gasteiger partial charge in [-0.05, 0) is 43.0 Å². The zero-order chi connectivity index (χ0) is 14.7. The predicted octanol–water partition coefficient (Wildman–Crippen LogP) is 2.69. The number of nitrogens with one attached hydrogen (secondary N) is 1. The Labute approximate surface area is 128 Å². The second kappa shape index (κ2) is 6.28. The van der Waals surface area contributed by atoms with Crippen molar-refractivity contribution in [3.63, 3.8) is 0 Å². The molecule has 21 heavy (non-hydrogen) atoms. The first kappa shape index (κ1) is 14.1. The lowest BCUT2D eigenvalue weighted by atomic mass is 10.1. The number of hydrazine groups is 1. The van der Waals surface area contributed by atoms with Crippen LogP contribution in [0.4, 0.5) is 5.69 Å². The molecule has 0 fully saturated rings. The number of fused-ring (bicyclic) bond motifs is 1. The van der Waals surface area contributed by atoms with Crippen molar-refractivity contribution in [3.05, 3.63) is 51.7 Å². The molecule has 0 saturated carbocycles. The number of aryl methyl sites for hydroxylation is 1. The van der Waals surface area contributed by atoms with Crippen LogP contribution in [0, 0.1) is 0 Å². The number of nitrogens with two attached hydrogens (primary N) is 1. The molecule has 2 aromatic rings. The van der Waals surface area contributed by atoms with Crippen molar-refractivity contribution < 1.29 is 4.79 Å². The van der Waals surface area contributed by atoms with E-state index in [1.807, 2.05) is 12.1 Å². The number of nitrogen functional groups attached to an aromatic ring is 1. The second-order valence-electron chi connectivity index (χ2n) is 5.25. The second-order valence-corrected chi connectivity index (χ2v) is 6.42. The average molecular weight is 301 g/mol. The van der Waals surface area contributed by atoms with E-state index in [2.05, 4.69) is 34.6 Å². The highest BCUT2D eigenvalue weighted by atomic mass is 32.1. The Hall–Kier alpha value is -1.85. The Balaban J connectivity index is 1.81. The minimum Gasteiger partial charge on any atom is -0.366 e. The lowest BCUT2D eigenvalue weighted by Gasteiger charge is -2.24. The number of nitrogens with zero attached hydrogens (tertiary/aromatic N) is 1. The van der Waals surface area contributed by atoms with Crippen molar-refractivity contribution in [1.29, 1.82) is 0 Å². The number of anilines is 1. The molecule has 2 heterocycles. The average Bonchev–Trinajstić information content (AvgIpc) is 2.89. The Kier molecular flexibility index (Phi) is 4.22. The van der Waals surface area contributed by atoms with Gasteiger partial charge in [-0.1, -0.05) is 18.2 Å². The summed E-state index contributed by atoms with van der Waals surface area (Å²) in [6, 6.07) is 12.5. The number of hydrogen-bond donors (Lipinski definition) is 2. The molecule has 1 aromatic carbocycles. The standard InChI is InChI=1S/C16H19N3OS/c17-18-16(20)15-9-8-13(21-15)11-19-10-4-3-6-12-5-1-2-7-14(12)19/h1-2,5,7-9H,3-4,6,10-11,17H2,(H,18,20). The molecule has 0 unspecified atom stereocenters. The van der Waals surface area contributed by atoms with Gasteiger partial charge in [-0.2, -0.15) is 0 Å². The molecular formula is C16H19N3OS. The summed E-state index contributed by atoms with van der Waals surface area (Å²) in [6.07, 6.45) is 3.59. The highest BCUT2D eigenvalue weighted by Crippen LogP contribution is 2.29. The van der Waals surface area contributed by atoms with Gasteiger partial charge in [0.2, 0.25) is 0 Å². The van der Waals surface area contributed by atoms with Crippen molar-refractivity contribution in [1.82, 2.24) is 5.43 Å². The van der Waals surface area contributed by atoms with Crippen molar-refractivity contribution in [2.45, 2.75) is 25.8 Å². The lowest BCUT2D eigenvalue weighted by molar-refractivity contribution is 0.0957. The smallest absolute Gasteiger partial charge is 0.275 e. The zero-order valence-electron chi connectivity index (χ0n) is 11.8. The number of rotatable bonds is 3. The molecule has 1 amide bonds. The van der Waals surface area contributed by atoms with Crippen LogP contribution in [0.25, 0.3) is 0 Å². The van der Waals surface area contributed by atoms with Crippen LogP contribution in [-0.4, -0.2) is 12.5 Å². The maximum Gasteiger partial charge on any atom is 0.275 e. The third-order valence-corrected chi connectivity index (χ3v) is 4.89. The van der Waals surface area contributed by atoms with Crippen molar-refractivity contribution in [2.24, 2.45) is 5.84 Å². The fourth-order valence-electron chi connectivity index (χ4n) is 2.78. The van der Waals surface area contributed by atoms with Crippen LogP contribution in [0.5, 0.6) is 0 Å². The van der Waals surface area contributed by atoms with Crippen molar-refractivity contribution in [2.75, 3.05) is 11.4 Å². The minimum absolute atomic E-state index is 0.220. The molecular weight excluding hydrogens is 282 g/mol. The van der Waals surface area contributed by atoms with Gasteiger partial charge in [0.25, 0.3) is 5.91 Å². The Morgan fingerprint density at radius 1 is 1.24 bits per heavy atom. The van der Waals surface area contributed by atoms with Gasteiger partial charge in [0.15, 0.2) is 0 Å². The number of amides is 1. The van der Waals surface area contributed by atoms with Crippen molar-refractivity contribution in [3.8, 4) is 0 Å². The van der Waals surface area contributed by atoms with Gasteiger partial charge in [-0.15, -0.1) is 11.3 Å². The van der Waals surface area contributed by atoms with E-state index in [-0.39, 0.29) is 5.91 Å². The number of carbonyl (C=O) groups is 1. The minimum atomic E-state index is -0.220. The summed E-state index contributed by atoms with van der Waals surface area (Å²) in [5.41, 5.74) is 4.93. The fraction of sp³-hybridized carbons (Fsp3) is 0.312. The fourth-order valence-corrected chi connectivity index (χ4v) is 3.70. The first-order valence-corrected chi connectivity index (χ1v) is 8.02. The van der Waals surface area contributed by atoms with Crippen LogP contribution in [-0.2, 0) is 13.0 Å². The van der Waals surface area contributed by atoms with E-state index in [1.54, 1.807) is 0 Å². The number of benzene rings is 1. The van der Waals surface area contributed by atoms with Gasteiger partial charge in [0, 0.05) is 17.1 Å². The maximum atomic E-state index is 11.5. The molecule has 0 saturated heterocycles. The van der Waals surface area contributed by atoms with Crippen LogP contribution in [0.2, 0.25) is 0 Å². The molecule has 0 aliphatic carbocycles. The Bertz CT molecular complexity index is 638. The lowest BCUT2D eigenvalue weighted by Crippen LogP contribution is -2.29. The Morgan fingerprint density at radius 3 is 2.95 bits per heavy atom. The van der Waals surface area contributed by atoms with E-state index in [9.17, 15) is 4.79 Å². The zero-order valence-corrected chi connectivity index (χ0v) is 12.7. The van der Waals surface area contributed by atoms with E-state index in [4.69, 9.17) is 5.84 Å². The Morgan fingerprint density at radius 2 is 2.10 bits per heavy atom. The molecule has 1 aliphatic heterocycles. The summed E-state index contributed by atoms with van der Waals surface area (Å²) in [7, 11) is 0. The monoisotopic (exact) mass is 301 g/mol. The SMILES string of the molecule is NNC(=O)c1ccc(CN2CCCCc3ccccc32)s1. The van der Waals surface area contributed by atoms with Gasteiger partial charge in [-0.3, -0.25) is 10.2 Å². The number of hydrogen-bond acceptors (Lipinski definition) is 4. The molecule has 0 spiro atoms. The summed E-state index contributed by atoms with van der Waals surface area (Å²) < 4.78 is 0. The summed E-state index contributed by atoms with van der Waals surface area (Å²) in [6.45, 7) is 1.91. The molecule has 1 aromatic heterocycles. The van der Waals surface area contributed by atoms with Crippen LogP contribution < -0.4 is 16.2 Å². The van der Waals surface area contributed by atoms with Gasteiger partial charge in [0.05, 0.1) is 11.4 Å². The van der Waals surface area contributed by atoms with Gasteiger partial charge < -0.3 is 4.90 Å². The molecule has 0 atom stereocenters. The van der Waals surface area contributed by atoms with E-state index in [0.717, 1.165) is 19.5 Å². The predicted molar refractivity (Wildman–Crippen MR) is 86.4 cm³/mol. The topological polar surface area (TPSA) is 58.4 Å². The molecule has 1 aliphatic rings. The van der Waals surface area contributed by atoms with Gasteiger partial charge >= 0.3 is 0 Å². The van der Waals surface area contributed by atoms with E-state index >= 15 is 0 Å². The molecule has 4 nitrogen and oxygen atoms in total. The quantitative estimate of drug-likeness (QED) is 0.520. The largest absolute Gasteiger partial charge is 0.366 e. The highest BCUT2D eigenvalue weighted by Gasteiger charge is 2.16. The third-order valence-electron chi connectivity index (χ3n) is 3.82. The van der Waals surface area contributed by atoms with E-state index in [0.29, 0.717) is 4.88 Å². The van der Waals surface area contributed by atoms with E-state index < -0.39 is 0 Å².